The number of likely N-dealkylation sites (N-methyl/N-ethyl adjacent to an activating group) is 1. The molecule has 0 spiro atoms. The molecule has 0 fully saturated rings. The van der Waals surface area contributed by atoms with E-state index in [0.29, 0.717) is 32.0 Å². The van der Waals surface area contributed by atoms with Crippen molar-refractivity contribution in [2.75, 3.05) is 30.0 Å². The number of hydrogen-bond donors (Lipinski definition) is 0. The summed E-state index contributed by atoms with van der Waals surface area (Å²) in [4.78, 5) is 25.4. The zero-order chi connectivity index (χ0) is 23.8. The van der Waals surface area contributed by atoms with E-state index in [4.69, 9.17) is 4.74 Å². The number of anilines is 2. The molecule has 0 bridgehead atoms. The Bertz CT molecular complexity index is 1020. The van der Waals surface area contributed by atoms with Crippen molar-refractivity contribution in [2.24, 2.45) is 5.41 Å². The van der Waals surface area contributed by atoms with Gasteiger partial charge in [-0.2, -0.15) is 0 Å². The van der Waals surface area contributed by atoms with E-state index >= 15 is 0 Å². The summed E-state index contributed by atoms with van der Waals surface area (Å²) in [6.07, 6.45) is 5.31. The van der Waals surface area contributed by atoms with Gasteiger partial charge < -0.3 is 14.5 Å². The molecule has 0 aliphatic carbocycles. The lowest BCUT2D eigenvalue weighted by molar-refractivity contribution is -0.125. The molecule has 0 aliphatic rings. The van der Waals surface area contributed by atoms with Gasteiger partial charge in [-0.1, -0.05) is 32.9 Å². The molecule has 0 radical (unpaired) electrons. The van der Waals surface area contributed by atoms with E-state index < -0.39 is 5.41 Å². The predicted octanol–water partition coefficient (Wildman–Crippen LogP) is 4.85. The maximum Gasteiger partial charge on any atom is 0.232 e. The monoisotopic (exact) mass is 450 g/mol. The minimum absolute atomic E-state index is 0.0407. The summed E-state index contributed by atoms with van der Waals surface area (Å²) in [6.45, 7) is 7.75. The highest BCUT2D eigenvalue weighted by molar-refractivity contribution is 5.96. The topological polar surface area (TPSA) is 58.6 Å². The van der Waals surface area contributed by atoms with E-state index in [0.717, 1.165) is 16.9 Å². The lowest BCUT2D eigenvalue weighted by Crippen LogP contribution is -2.39. The number of amides is 1. The number of hydrogen-bond acceptors (Lipinski definition) is 5. The fourth-order valence-electron chi connectivity index (χ4n) is 3.21. The van der Waals surface area contributed by atoms with Crippen molar-refractivity contribution in [3.63, 3.8) is 0 Å². The highest BCUT2D eigenvalue weighted by atomic mass is 19.1. The van der Waals surface area contributed by atoms with Crippen LogP contribution in [-0.4, -0.2) is 36.1 Å². The zero-order valence-electron chi connectivity index (χ0n) is 19.7. The molecule has 0 unspecified atom stereocenters. The van der Waals surface area contributed by atoms with E-state index in [1.165, 1.54) is 12.1 Å². The molecule has 33 heavy (non-hydrogen) atoms. The molecule has 0 saturated carbocycles. The Hall–Kier alpha value is -3.32. The molecule has 3 rings (SSSR count). The van der Waals surface area contributed by atoms with Crippen molar-refractivity contribution in [1.82, 2.24) is 9.97 Å². The Morgan fingerprint density at radius 3 is 2.39 bits per heavy atom. The molecule has 0 saturated heterocycles. The Kier molecular flexibility index (Phi) is 8.11. The Balaban J connectivity index is 1.60. The van der Waals surface area contributed by atoms with Crippen LogP contribution in [0.4, 0.5) is 15.9 Å². The van der Waals surface area contributed by atoms with E-state index in [1.807, 2.05) is 57.0 Å². The first kappa shape index (κ1) is 24.3. The summed E-state index contributed by atoms with van der Waals surface area (Å²) in [7, 11) is 1.96. The van der Waals surface area contributed by atoms with Crippen molar-refractivity contribution >= 4 is 17.4 Å². The van der Waals surface area contributed by atoms with Crippen molar-refractivity contribution < 1.29 is 13.9 Å². The first-order valence-corrected chi connectivity index (χ1v) is 10.9. The van der Waals surface area contributed by atoms with Crippen LogP contribution in [0.3, 0.4) is 0 Å². The minimum atomic E-state index is -0.572. The summed E-state index contributed by atoms with van der Waals surface area (Å²) in [6, 6.07) is 13.7. The number of pyridine rings is 2. The van der Waals surface area contributed by atoms with E-state index in [1.54, 1.807) is 35.6 Å². The van der Waals surface area contributed by atoms with Gasteiger partial charge in [-0.3, -0.25) is 9.78 Å². The number of aromatic nitrogens is 2. The van der Waals surface area contributed by atoms with Crippen LogP contribution in [0.1, 0.15) is 31.9 Å². The molecule has 3 aromatic rings. The van der Waals surface area contributed by atoms with Gasteiger partial charge in [0, 0.05) is 43.3 Å². The van der Waals surface area contributed by atoms with Gasteiger partial charge in [0.2, 0.25) is 5.91 Å². The van der Waals surface area contributed by atoms with Gasteiger partial charge in [0.05, 0.1) is 19.8 Å². The molecule has 2 aromatic heterocycles. The van der Waals surface area contributed by atoms with Crippen molar-refractivity contribution in [1.29, 1.82) is 0 Å². The average Bonchev–Trinajstić information content (AvgIpc) is 2.81. The maximum atomic E-state index is 13.4. The van der Waals surface area contributed by atoms with Crippen LogP contribution >= 0.6 is 0 Å². The fraction of sp³-hybridized carbons (Fsp3) is 0.346. The molecule has 1 aromatic carbocycles. The summed E-state index contributed by atoms with van der Waals surface area (Å²) >= 11 is 0. The molecule has 0 N–H and O–H groups in total. The lowest BCUT2D eigenvalue weighted by atomic mass is 9.94. The largest absolute Gasteiger partial charge is 0.375 e. The summed E-state index contributed by atoms with van der Waals surface area (Å²) < 4.78 is 19.1. The second kappa shape index (κ2) is 11.0. The summed E-state index contributed by atoms with van der Waals surface area (Å²) in [5.74, 6) is 0.445. The first-order chi connectivity index (χ1) is 15.7. The number of carbonyl (C=O) groups excluding carboxylic acids is 1. The molecule has 1 amide bonds. The number of benzene rings is 1. The molecule has 0 aliphatic heterocycles. The number of carbonyl (C=O) groups is 1. The molecular weight excluding hydrogens is 419 g/mol. The Morgan fingerprint density at radius 2 is 1.79 bits per heavy atom. The van der Waals surface area contributed by atoms with Crippen LogP contribution < -0.4 is 9.80 Å². The summed E-state index contributed by atoms with van der Waals surface area (Å²) in [5.41, 5.74) is 2.01. The van der Waals surface area contributed by atoms with Gasteiger partial charge in [0.25, 0.3) is 0 Å². The van der Waals surface area contributed by atoms with E-state index in [9.17, 15) is 9.18 Å². The lowest BCUT2D eigenvalue weighted by Gasteiger charge is -2.30. The maximum absolute atomic E-state index is 13.4. The number of halogens is 1. The van der Waals surface area contributed by atoms with Gasteiger partial charge in [-0.25, -0.2) is 9.37 Å². The average molecular weight is 451 g/mol. The van der Waals surface area contributed by atoms with Crippen molar-refractivity contribution in [2.45, 2.75) is 33.9 Å². The first-order valence-electron chi connectivity index (χ1n) is 10.9. The van der Waals surface area contributed by atoms with E-state index in [2.05, 4.69) is 9.97 Å². The molecule has 0 atom stereocenters. The molecule has 174 valence electrons. The quantitative estimate of drug-likeness (QED) is 0.436. The van der Waals surface area contributed by atoms with Gasteiger partial charge in [-0.05, 0) is 47.5 Å². The Labute approximate surface area is 195 Å². The van der Waals surface area contributed by atoms with Crippen LogP contribution in [0.2, 0.25) is 0 Å². The second-order valence-electron chi connectivity index (χ2n) is 8.98. The van der Waals surface area contributed by atoms with Crippen molar-refractivity contribution in [3.05, 3.63) is 84.1 Å². The van der Waals surface area contributed by atoms with Crippen LogP contribution in [-0.2, 0) is 22.7 Å². The van der Waals surface area contributed by atoms with Crippen LogP contribution in [0.5, 0.6) is 0 Å². The predicted molar refractivity (Wildman–Crippen MR) is 128 cm³/mol. The number of rotatable bonds is 9. The third kappa shape index (κ3) is 7.08. The van der Waals surface area contributed by atoms with Gasteiger partial charge in [0.15, 0.2) is 0 Å². The second-order valence-corrected chi connectivity index (χ2v) is 8.98. The molecule has 7 heteroatoms. The molecule has 6 nitrogen and oxygen atoms in total. The van der Waals surface area contributed by atoms with Gasteiger partial charge in [-0.15, -0.1) is 0 Å². The third-order valence-electron chi connectivity index (χ3n) is 5.13. The SMILES string of the molecule is CN(CCOCc1cccnc1)c1ccc(CN(C(=O)C(C)(C)C)c2ccc(F)cc2)cn1. The normalized spacial score (nSPS) is 11.3. The van der Waals surface area contributed by atoms with Crippen LogP contribution in [0.25, 0.3) is 0 Å². The smallest absolute Gasteiger partial charge is 0.232 e. The van der Waals surface area contributed by atoms with Crippen LogP contribution in [0.15, 0.2) is 67.1 Å². The van der Waals surface area contributed by atoms with Gasteiger partial charge in [0.1, 0.15) is 11.6 Å². The summed E-state index contributed by atoms with van der Waals surface area (Å²) in [5, 5.41) is 0. The third-order valence-corrected chi connectivity index (χ3v) is 5.13. The fourth-order valence-corrected chi connectivity index (χ4v) is 3.21. The molecule has 2 heterocycles. The van der Waals surface area contributed by atoms with Crippen molar-refractivity contribution in [3.8, 4) is 0 Å². The number of nitrogens with zero attached hydrogens (tertiary/aromatic N) is 4. The number of ether oxygens (including phenoxy) is 1. The highest BCUT2D eigenvalue weighted by Crippen LogP contribution is 2.26. The van der Waals surface area contributed by atoms with E-state index in [-0.39, 0.29) is 11.7 Å². The zero-order valence-corrected chi connectivity index (χ0v) is 19.7. The minimum Gasteiger partial charge on any atom is -0.375 e. The standard InChI is InChI=1S/C26H31FN4O2/c1-26(2,3)25(32)31(23-10-8-22(27)9-11-23)18-20-7-12-24(29-17-20)30(4)14-15-33-19-21-6-5-13-28-16-21/h5-13,16-17H,14-15,18-19H2,1-4H3. The Morgan fingerprint density at radius 1 is 1.03 bits per heavy atom. The van der Waals surface area contributed by atoms with Gasteiger partial charge >= 0.3 is 0 Å². The molecular formula is C26H31FN4O2. The van der Waals surface area contributed by atoms with Crippen LogP contribution in [0, 0.1) is 11.2 Å². The highest BCUT2D eigenvalue weighted by Gasteiger charge is 2.28.